The molecule has 0 fully saturated rings. The summed E-state index contributed by atoms with van der Waals surface area (Å²) in [7, 11) is -2.00. The van der Waals surface area contributed by atoms with Gasteiger partial charge in [-0.25, -0.2) is 8.42 Å². The molecule has 0 N–H and O–H groups in total. The molecule has 0 aliphatic heterocycles. The van der Waals surface area contributed by atoms with Crippen molar-refractivity contribution in [3.8, 4) is 0 Å². The number of carbonyl (C=O) groups excluding carboxylic acids is 1. The fraction of sp³-hybridized carbons (Fsp3) is 0.208. The summed E-state index contributed by atoms with van der Waals surface area (Å²) in [6.07, 6.45) is 0. The minimum atomic E-state index is -3.56. The molecule has 6 heteroatoms. The molecule has 156 valence electrons. The Hall–Kier alpha value is -2.96. The molecule has 0 spiro atoms. The number of amides is 1. The molecular weight excluding hydrogens is 396 g/mol. The highest BCUT2D eigenvalue weighted by molar-refractivity contribution is 7.89. The van der Waals surface area contributed by atoms with Crippen LogP contribution in [-0.2, 0) is 23.1 Å². The molecule has 0 bridgehead atoms. The zero-order valence-electron chi connectivity index (χ0n) is 17.2. The normalized spacial score (nSPS) is 11.4. The molecule has 0 saturated heterocycles. The Kier molecular flexibility index (Phi) is 7.03. The average molecular weight is 423 g/mol. The van der Waals surface area contributed by atoms with Crippen molar-refractivity contribution in [1.82, 2.24) is 9.21 Å². The van der Waals surface area contributed by atoms with Crippen LogP contribution in [0.15, 0.2) is 89.8 Å². The van der Waals surface area contributed by atoms with Crippen molar-refractivity contribution >= 4 is 15.9 Å². The number of hydrogen-bond acceptors (Lipinski definition) is 3. The van der Waals surface area contributed by atoms with Gasteiger partial charge in [-0.1, -0.05) is 60.7 Å². The van der Waals surface area contributed by atoms with Gasteiger partial charge in [0.15, 0.2) is 0 Å². The summed E-state index contributed by atoms with van der Waals surface area (Å²) in [5.74, 6) is -0.0434. The molecule has 0 heterocycles. The molecule has 3 rings (SSSR count). The Morgan fingerprint density at radius 3 is 1.87 bits per heavy atom. The van der Waals surface area contributed by atoms with Crippen molar-refractivity contribution in [2.24, 2.45) is 0 Å². The highest BCUT2D eigenvalue weighted by Gasteiger charge is 2.21. The van der Waals surface area contributed by atoms with Gasteiger partial charge in [0.1, 0.15) is 0 Å². The Labute approximate surface area is 178 Å². The van der Waals surface area contributed by atoms with Gasteiger partial charge in [-0.2, -0.15) is 4.31 Å². The Balaban J connectivity index is 1.69. The van der Waals surface area contributed by atoms with Crippen LogP contribution >= 0.6 is 0 Å². The lowest BCUT2D eigenvalue weighted by atomic mass is 10.1. The van der Waals surface area contributed by atoms with Crippen LogP contribution in [0.2, 0.25) is 0 Å². The van der Waals surface area contributed by atoms with Crippen LogP contribution in [0.5, 0.6) is 0 Å². The lowest BCUT2D eigenvalue weighted by molar-refractivity contribution is 0.0752. The minimum absolute atomic E-state index is 0.0434. The summed E-state index contributed by atoms with van der Waals surface area (Å²) in [4.78, 5) is 14.9. The van der Waals surface area contributed by atoms with Gasteiger partial charge >= 0.3 is 0 Å². The molecule has 30 heavy (non-hydrogen) atoms. The van der Waals surface area contributed by atoms with E-state index in [0.29, 0.717) is 18.7 Å². The standard InChI is InChI=1S/C24H26N2O3S/c1-3-26(19-20-10-6-4-7-11-20)24(27)22-16-14-21(15-17-22)18-25(2)30(28,29)23-12-8-5-9-13-23/h4-17H,3,18-19H2,1-2H3. The zero-order valence-corrected chi connectivity index (χ0v) is 18.0. The maximum absolute atomic E-state index is 12.9. The van der Waals surface area contributed by atoms with Crippen molar-refractivity contribution in [1.29, 1.82) is 0 Å². The van der Waals surface area contributed by atoms with E-state index >= 15 is 0 Å². The summed E-state index contributed by atoms with van der Waals surface area (Å²) in [6, 6.07) is 25.4. The van der Waals surface area contributed by atoms with Crippen molar-refractivity contribution < 1.29 is 13.2 Å². The van der Waals surface area contributed by atoms with Gasteiger partial charge in [0.05, 0.1) is 4.90 Å². The Bertz CT molecular complexity index is 1070. The molecule has 0 aromatic heterocycles. The van der Waals surface area contributed by atoms with E-state index in [1.54, 1.807) is 66.5 Å². The van der Waals surface area contributed by atoms with Gasteiger partial charge in [0.2, 0.25) is 10.0 Å². The number of carbonyl (C=O) groups is 1. The maximum atomic E-state index is 12.9. The predicted octanol–water partition coefficient (Wildman–Crippen LogP) is 4.17. The van der Waals surface area contributed by atoms with Crippen LogP contribution in [0.25, 0.3) is 0 Å². The topological polar surface area (TPSA) is 57.7 Å². The molecular formula is C24H26N2O3S. The Morgan fingerprint density at radius 2 is 1.30 bits per heavy atom. The SMILES string of the molecule is CCN(Cc1ccccc1)C(=O)c1ccc(CN(C)S(=O)(=O)c2ccccc2)cc1. The fourth-order valence-corrected chi connectivity index (χ4v) is 4.36. The average Bonchev–Trinajstić information content (AvgIpc) is 2.78. The van der Waals surface area contributed by atoms with Gasteiger partial charge in [-0.15, -0.1) is 0 Å². The number of benzene rings is 3. The van der Waals surface area contributed by atoms with E-state index in [2.05, 4.69) is 0 Å². The molecule has 1 amide bonds. The van der Waals surface area contributed by atoms with Gasteiger partial charge in [-0.05, 0) is 42.3 Å². The third-order valence-electron chi connectivity index (χ3n) is 4.94. The lowest BCUT2D eigenvalue weighted by Gasteiger charge is -2.21. The summed E-state index contributed by atoms with van der Waals surface area (Å²) in [6.45, 7) is 3.34. The molecule has 0 unspecified atom stereocenters. The number of sulfonamides is 1. The first kappa shape index (κ1) is 21.7. The van der Waals surface area contributed by atoms with Gasteiger partial charge in [0, 0.05) is 32.2 Å². The first-order valence-electron chi connectivity index (χ1n) is 9.85. The monoisotopic (exact) mass is 422 g/mol. The van der Waals surface area contributed by atoms with E-state index in [0.717, 1.165) is 11.1 Å². The van der Waals surface area contributed by atoms with E-state index < -0.39 is 10.0 Å². The first-order valence-corrected chi connectivity index (χ1v) is 11.3. The van der Waals surface area contributed by atoms with E-state index in [1.165, 1.54) is 4.31 Å². The van der Waals surface area contributed by atoms with Crippen LogP contribution in [0.4, 0.5) is 0 Å². The van der Waals surface area contributed by atoms with Crippen LogP contribution in [-0.4, -0.2) is 37.1 Å². The molecule has 3 aromatic rings. The highest BCUT2D eigenvalue weighted by Crippen LogP contribution is 2.17. The second-order valence-corrected chi connectivity index (χ2v) is 9.12. The number of nitrogens with zero attached hydrogens (tertiary/aromatic N) is 2. The fourth-order valence-electron chi connectivity index (χ4n) is 3.18. The van der Waals surface area contributed by atoms with E-state index in [4.69, 9.17) is 0 Å². The molecule has 3 aromatic carbocycles. The molecule has 0 aliphatic carbocycles. The zero-order chi connectivity index (χ0) is 21.6. The van der Waals surface area contributed by atoms with E-state index in [1.807, 2.05) is 37.3 Å². The largest absolute Gasteiger partial charge is 0.335 e. The molecule has 0 saturated carbocycles. The third-order valence-corrected chi connectivity index (χ3v) is 6.76. The third kappa shape index (κ3) is 5.14. The summed E-state index contributed by atoms with van der Waals surface area (Å²) >= 11 is 0. The predicted molar refractivity (Wildman–Crippen MR) is 118 cm³/mol. The lowest BCUT2D eigenvalue weighted by Crippen LogP contribution is -2.30. The van der Waals surface area contributed by atoms with Crippen LogP contribution in [0, 0.1) is 0 Å². The number of hydrogen-bond donors (Lipinski definition) is 0. The molecule has 5 nitrogen and oxygen atoms in total. The summed E-state index contributed by atoms with van der Waals surface area (Å²) in [5.41, 5.74) is 2.49. The smallest absolute Gasteiger partial charge is 0.254 e. The van der Waals surface area contributed by atoms with Crippen LogP contribution < -0.4 is 0 Å². The summed E-state index contributed by atoms with van der Waals surface area (Å²) < 4.78 is 26.7. The second kappa shape index (κ2) is 9.69. The maximum Gasteiger partial charge on any atom is 0.254 e. The summed E-state index contributed by atoms with van der Waals surface area (Å²) in [5, 5.41) is 0. The van der Waals surface area contributed by atoms with Crippen molar-refractivity contribution in [3.63, 3.8) is 0 Å². The minimum Gasteiger partial charge on any atom is -0.335 e. The van der Waals surface area contributed by atoms with Crippen LogP contribution in [0.1, 0.15) is 28.4 Å². The second-order valence-electron chi connectivity index (χ2n) is 7.08. The Morgan fingerprint density at radius 1 is 0.767 bits per heavy atom. The van der Waals surface area contributed by atoms with Gasteiger partial charge < -0.3 is 4.90 Å². The quantitative estimate of drug-likeness (QED) is 0.547. The van der Waals surface area contributed by atoms with Crippen molar-refractivity contribution in [2.75, 3.05) is 13.6 Å². The van der Waals surface area contributed by atoms with E-state index in [9.17, 15) is 13.2 Å². The van der Waals surface area contributed by atoms with Crippen molar-refractivity contribution in [2.45, 2.75) is 24.9 Å². The van der Waals surface area contributed by atoms with Crippen LogP contribution in [0.3, 0.4) is 0 Å². The first-order chi connectivity index (χ1) is 14.4. The van der Waals surface area contributed by atoms with Crippen molar-refractivity contribution in [3.05, 3.63) is 102 Å². The van der Waals surface area contributed by atoms with E-state index in [-0.39, 0.29) is 17.3 Å². The van der Waals surface area contributed by atoms with Gasteiger partial charge in [0.25, 0.3) is 5.91 Å². The molecule has 0 radical (unpaired) electrons. The molecule has 0 aliphatic rings. The van der Waals surface area contributed by atoms with Gasteiger partial charge in [-0.3, -0.25) is 4.79 Å². The molecule has 0 atom stereocenters. The number of rotatable bonds is 8. The highest BCUT2D eigenvalue weighted by atomic mass is 32.2.